The van der Waals surface area contributed by atoms with Crippen LogP contribution in [0.4, 0.5) is 15.8 Å². The van der Waals surface area contributed by atoms with Gasteiger partial charge in [0.25, 0.3) is 5.91 Å². The van der Waals surface area contributed by atoms with E-state index < -0.39 is 0 Å². The van der Waals surface area contributed by atoms with Crippen LogP contribution >= 0.6 is 0 Å². The Labute approximate surface area is 158 Å². The van der Waals surface area contributed by atoms with Crippen molar-refractivity contribution in [1.82, 2.24) is 4.90 Å². The maximum absolute atomic E-state index is 12.9. The van der Waals surface area contributed by atoms with E-state index in [0.717, 1.165) is 38.3 Å². The maximum atomic E-state index is 12.9. The van der Waals surface area contributed by atoms with Gasteiger partial charge in [0.15, 0.2) is 0 Å². The Bertz CT molecular complexity index is 782. The number of rotatable bonds is 5. The SMILES string of the molecule is CCCC(=O)N1CCN(c2ccc(NC(=O)c3ccc(F)cc3)cc2)CC1. The molecule has 2 aromatic rings. The van der Waals surface area contributed by atoms with Gasteiger partial charge in [-0.05, 0) is 55.0 Å². The van der Waals surface area contributed by atoms with Gasteiger partial charge in [-0.15, -0.1) is 0 Å². The van der Waals surface area contributed by atoms with Gasteiger partial charge in [-0.25, -0.2) is 4.39 Å². The first-order chi connectivity index (χ1) is 13.1. The van der Waals surface area contributed by atoms with E-state index in [1.807, 2.05) is 36.1 Å². The van der Waals surface area contributed by atoms with E-state index in [1.165, 1.54) is 24.3 Å². The molecule has 1 fully saturated rings. The van der Waals surface area contributed by atoms with Crippen LogP contribution in [0.15, 0.2) is 48.5 Å². The third-order valence-corrected chi connectivity index (χ3v) is 4.69. The predicted octanol–water partition coefficient (Wildman–Crippen LogP) is 3.53. The van der Waals surface area contributed by atoms with Crippen LogP contribution in [0.5, 0.6) is 0 Å². The van der Waals surface area contributed by atoms with Crippen LogP contribution in [0.1, 0.15) is 30.1 Å². The van der Waals surface area contributed by atoms with Crippen LogP contribution in [0, 0.1) is 5.82 Å². The number of hydrogen-bond acceptors (Lipinski definition) is 3. The second kappa shape index (κ2) is 8.66. The highest BCUT2D eigenvalue weighted by atomic mass is 19.1. The molecule has 0 atom stereocenters. The highest BCUT2D eigenvalue weighted by Crippen LogP contribution is 2.20. The molecule has 1 heterocycles. The molecule has 0 unspecified atom stereocenters. The second-order valence-corrected chi connectivity index (χ2v) is 6.63. The summed E-state index contributed by atoms with van der Waals surface area (Å²) in [5.74, 6) is -0.408. The minimum atomic E-state index is -0.368. The molecule has 0 saturated carbocycles. The standard InChI is InChI=1S/C21H24FN3O2/c1-2-3-20(26)25-14-12-24(13-15-25)19-10-8-18(9-11-19)23-21(27)16-4-6-17(22)7-5-16/h4-11H,2-3,12-15H2,1H3,(H,23,27). The number of carbonyl (C=O) groups is 2. The lowest BCUT2D eigenvalue weighted by molar-refractivity contribution is -0.131. The molecule has 6 heteroatoms. The highest BCUT2D eigenvalue weighted by molar-refractivity contribution is 6.04. The van der Waals surface area contributed by atoms with E-state index in [1.54, 1.807) is 0 Å². The van der Waals surface area contributed by atoms with Crippen molar-refractivity contribution >= 4 is 23.2 Å². The Kier molecular flexibility index (Phi) is 6.06. The average Bonchev–Trinajstić information content (AvgIpc) is 2.69. The zero-order valence-corrected chi connectivity index (χ0v) is 15.5. The Balaban J connectivity index is 1.55. The molecule has 2 amide bonds. The first-order valence-electron chi connectivity index (χ1n) is 9.26. The topological polar surface area (TPSA) is 52.7 Å². The molecular weight excluding hydrogens is 345 g/mol. The Morgan fingerprint density at radius 1 is 0.963 bits per heavy atom. The van der Waals surface area contributed by atoms with E-state index >= 15 is 0 Å². The molecule has 1 aliphatic heterocycles. The van der Waals surface area contributed by atoms with Crippen LogP contribution in [0.2, 0.25) is 0 Å². The van der Waals surface area contributed by atoms with Crippen molar-refractivity contribution in [2.75, 3.05) is 36.4 Å². The van der Waals surface area contributed by atoms with Gasteiger partial charge in [0.1, 0.15) is 5.82 Å². The Morgan fingerprint density at radius 2 is 1.59 bits per heavy atom. The monoisotopic (exact) mass is 369 g/mol. The molecule has 1 aliphatic rings. The summed E-state index contributed by atoms with van der Waals surface area (Å²) in [4.78, 5) is 28.3. The quantitative estimate of drug-likeness (QED) is 0.877. The van der Waals surface area contributed by atoms with Gasteiger partial charge in [-0.1, -0.05) is 6.92 Å². The molecule has 0 radical (unpaired) electrons. The summed E-state index contributed by atoms with van der Waals surface area (Å²) < 4.78 is 12.9. The number of nitrogens with one attached hydrogen (secondary N) is 1. The van der Waals surface area contributed by atoms with Crippen molar-refractivity contribution in [1.29, 1.82) is 0 Å². The van der Waals surface area contributed by atoms with E-state index in [0.29, 0.717) is 17.7 Å². The van der Waals surface area contributed by atoms with Crippen molar-refractivity contribution in [3.8, 4) is 0 Å². The van der Waals surface area contributed by atoms with E-state index in [9.17, 15) is 14.0 Å². The average molecular weight is 369 g/mol. The third kappa shape index (κ3) is 4.84. The maximum Gasteiger partial charge on any atom is 0.255 e. The van der Waals surface area contributed by atoms with E-state index in [2.05, 4.69) is 10.2 Å². The largest absolute Gasteiger partial charge is 0.368 e. The summed E-state index contributed by atoms with van der Waals surface area (Å²) in [7, 11) is 0. The molecule has 0 spiro atoms. The number of amides is 2. The predicted molar refractivity (Wildman–Crippen MR) is 104 cm³/mol. The molecule has 27 heavy (non-hydrogen) atoms. The fourth-order valence-electron chi connectivity index (χ4n) is 3.15. The van der Waals surface area contributed by atoms with Crippen molar-refractivity contribution in [2.45, 2.75) is 19.8 Å². The molecule has 0 aromatic heterocycles. The molecule has 1 saturated heterocycles. The van der Waals surface area contributed by atoms with Crippen LogP contribution in [0.3, 0.4) is 0 Å². The van der Waals surface area contributed by atoms with Crippen molar-refractivity contribution in [2.24, 2.45) is 0 Å². The number of benzene rings is 2. The summed E-state index contributed by atoms with van der Waals surface area (Å²) in [5, 5.41) is 2.81. The van der Waals surface area contributed by atoms with Gasteiger partial charge in [0, 0.05) is 49.5 Å². The van der Waals surface area contributed by atoms with Gasteiger partial charge in [-0.2, -0.15) is 0 Å². The molecule has 5 nitrogen and oxygen atoms in total. The lowest BCUT2D eigenvalue weighted by atomic mass is 10.2. The van der Waals surface area contributed by atoms with Gasteiger partial charge < -0.3 is 15.1 Å². The normalized spacial score (nSPS) is 14.1. The zero-order valence-electron chi connectivity index (χ0n) is 15.5. The van der Waals surface area contributed by atoms with Crippen molar-refractivity contribution in [3.63, 3.8) is 0 Å². The number of halogens is 1. The van der Waals surface area contributed by atoms with Crippen molar-refractivity contribution < 1.29 is 14.0 Å². The summed E-state index contributed by atoms with van der Waals surface area (Å²) in [6.45, 7) is 5.10. The number of piperazine rings is 1. The smallest absolute Gasteiger partial charge is 0.255 e. The van der Waals surface area contributed by atoms with Crippen molar-refractivity contribution in [3.05, 3.63) is 59.9 Å². The number of nitrogens with zero attached hydrogens (tertiary/aromatic N) is 2. The molecule has 3 rings (SSSR count). The highest BCUT2D eigenvalue weighted by Gasteiger charge is 2.20. The first-order valence-corrected chi connectivity index (χ1v) is 9.26. The minimum Gasteiger partial charge on any atom is -0.368 e. The summed E-state index contributed by atoms with van der Waals surface area (Å²) in [6.07, 6.45) is 1.49. The Morgan fingerprint density at radius 3 is 2.19 bits per heavy atom. The van der Waals surface area contributed by atoms with Gasteiger partial charge in [-0.3, -0.25) is 9.59 Å². The number of anilines is 2. The van der Waals surface area contributed by atoms with Crippen LogP contribution < -0.4 is 10.2 Å². The zero-order chi connectivity index (χ0) is 19.2. The third-order valence-electron chi connectivity index (χ3n) is 4.69. The number of carbonyl (C=O) groups excluding carboxylic acids is 2. The van der Waals surface area contributed by atoms with Crippen LogP contribution in [-0.2, 0) is 4.79 Å². The minimum absolute atomic E-state index is 0.232. The van der Waals surface area contributed by atoms with Gasteiger partial charge in [0.2, 0.25) is 5.91 Å². The molecule has 142 valence electrons. The summed E-state index contributed by atoms with van der Waals surface area (Å²) in [5.41, 5.74) is 2.16. The number of hydrogen-bond donors (Lipinski definition) is 1. The second-order valence-electron chi connectivity index (χ2n) is 6.63. The summed E-state index contributed by atoms with van der Waals surface area (Å²) >= 11 is 0. The lowest BCUT2D eigenvalue weighted by Crippen LogP contribution is -2.48. The summed E-state index contributed by atoms with van der Waals surface area (Å²) in [6, 6.07) is 13.1. The van der Waals surface area contributed by atoms with Gasteiger partial charge in [0.05, 0.1) is 0 Å². The Hall–Kier alpha value is -2.89. The van der Waals surface area contributed by atoms with Crippen LogP contribution in [0.25, 0.3) is 0 Å². The molecule has 1 N–H and O–H groups in total. The first kappa shape index (κ1) is 18.9. The molecule has 0 aliphatic carbocycles. The fraction of sp³-hybridized carbons (Fsp3) is 0.333. The van der Waals surface area contributed by atoms with E-state index in [4.69, 9.17) is 0 Å². The fourth-order valence-corrected chi connectivity index (χ4v) is 3.15. The lowest BCUT2D eigenvalue weighted by Gasteiger charge is -2.36. The molecule has 2 aromatic carbocycles. The van der Waals surface area contributed by atoms with E-state index in [-0.39, 0.29) is 17.6 Å². The molecule has 0 bridgehead atoms. The molecular formula is C21H24FN3O2. The van der Waals surface area contributed by atoms with Crippen LogP contribution in [-0.4, -0.2) is 42.9 Å². The van der Waals surface area contributed by atoms with Gasteiger partial charge >= 0.3 is 0 Å².